The lowest BCUT2D eigenvalue weighted by atomic mass is 10.2. The molecule has 1 saturated heterocycles. The van der Waals surface area contributed by atoms with Crippen LogP contribution in [0.25, 0.3) is 0 Å². The lowest BCUT2D eigenvalue weighted by Gasteiger charge is -2.32. The van der Waals surface area contributed by atoms with E-state index >= 15 is 0 Å². The normalized spacial score (nSPS) is 18.8. The minimum absolute atomic E-state index is 0.0472. The summed E-state index contributed by atoms with van der Waals surface area (Å²) < 4.78 is 22.3. The third-order valence-electron chi connectivity index (χ3n) is 3.97. The van der Waals surface area contributed by atoms with Crippen LogP contribution in [0.1, 0.15) is 23.3 Å². The summed E-state index contributed by atoms with van der Waals surface area (Å²) in [4.78, 5) is 6.73. The molecule has 0 saturated carbocycles. The number of rotatable bonds is 5. The molecule has 3 heterocycles. The van der Waals surface area contributed by atoms with Crippen LogP contribution in [0.15, 0.2) is 28.8 Å². The highest BCUT2D eigenvalue weighted by molar-refractivity contribution is 5.42. The Balaban J connectivity index is 1.73. The van der Waals surface area contributed by atoms with Crippen molar-refractivity contribution < 1.29 is 18.6 Å². The van der Waals surface area contributed by atoms with Crippen molar-refractivity contribution in [3.05, 3.63) is 41.6 Å². The van der Waals surface area contributed by atoms with Crippen molar-refractivity contribution >= 4 is 0 Å². The van der Waals surface area contributed by atoms with E-state index in [-0.39, 0.29) is 6.10 Å². The zero-order valence-corrected chi connectivity index (χ0v) is 13.7. The molecule has 0 bridgehead atoms. The SMILES string of the molecule is COc1ccnc(CN2CCO[C@H](c3ccc(C)o3)C2)c1OC. The predicted octanol–water partition coefficient (Wildman–Crippen LogP) is 2.57. The number of methoxy groups -OCH3 is 2. The van der Waals surface area contributed by atoms with Crippen molar-refractivity contribution in [3.63, 3.8) is 0 Å². The largest absolute Gasteiger partial charge is 0.493 e. The third kappa shape index (κ3) is 3.48. The average Bonchev–Trinajstić information content (AvgIpc) is 3.01. The van der Waals surface area contributed by atoms with Crippen LogP contribution in [0.4, 0.5) is 0 Å². The van der Waals surface area contributed by atoms with Crippen molar-refractivity contribution in [2.45, 2.75) is 19.6 Å². The summed E-state index contributed by atoms with van der Waals surface area (Å²) in [5.41, 5.74) is 0.864. The van der Waals surface area contributed by atoms with E-state index < -0.39 is 0 Å². The van der Waals surface area contributed by atoms with Crippen LogP contribution in [0.3, 0.4) is 0 Å². The molecule has 0 N–H and O–H groups in total. The van der Waals surface area contributed by atoms with Gasteiger partial charge < -0.3 is 18.6 Å². The smallest absolute Gasteiger partial charge is 0.183 e. The fraction of sp³-hybridized carbons (Fsp3) is 0.471. The van der Waals surface area contributed by atoms with E-state index in [9.17, 15) is 0 Å². The van der Waals surface area contributed by atoms with Gasteiger partial charge in [-0.05, 0) is 19.1 Å². The Kier molecular flexibility index (Phi) is 4.83. The molecule has 1 atom stereocenters. The second kappa shape index (κ2) is 7.02. The lowest BCUT2D eigenvalue weighted by Crippen LogP contribution is -2.38. The standard InChI is InChI=1S/C17H22N2O4/c1-12-4-5-14(23-12)16-11-19(8-9-22-16)10-13-17(21-3)15(20-2)6-7-18-13/h4-7,16H,8-11H2,1-3H3/t16-/m0/s1. The number of hydrogen-bond donors (Lipinski definition) is 0. The number of nitrogens with zero attached hydrogens (tertiary/aromatic N) is 2. The molecule has 6 heteroatoms. The van der Waals surface area contributed by atoms with E-state index in [1.54, 1.807) is 26.5 Å². The molecule has 0 radical (unpaired) electrons. The van der Waals surface area contributed by atoms with Crippen LogP contribution >= 0.6 is 0 Å². The molecular weight excluding hydrogens is 296 g/mol. The summed E-state index contributed by atoms with van der Waals surface area (Å²) >= 11 is 0. The first-order chi connectivity index (χ1) is 11.2. The molecular formula is C17H22N2O4. The van der Waals surface area contributed by atoms with Gasteiger partial charge in [0.2, 0.25) is 0 Å². The molecule has 124 valence electrons. The Morgan fingerprint density at radius 2 is 2.13 bits per heavy atom. The van der Waals surface area contributed by atoms with Crippen LogP contribution in [0.5, 0.6) is 11.5 Å². The summed E-state index contributed by atoms with van der Waals surface area (Å²) in [6.07, 6.45) is 1.69. The Morgan fingerprint density at radius 1 is 1.26 bits per heavy atom. The van der Waals surface area contributed by atoms with E-state index in [0.29, 0.717) is 24.7 Å². The van der Waals surface area contributed by atoms with Gasteiger partial charge in [0, 0.05) is 31.9 Å². The van der Waals surface area contributed by atoms with Gasteiger partial charge in [-0.15, -0.1) is 0 Å². The maximum absolute atomic E-state index is 5.83. The molecule has 1 fully saturated rings. The van der Waals surface area contributed by atoms with Gasteiger partial charge in [-0.2, -0.15) is 0 Å². The number of aryl methyl sites for hydroxylation is 1. The van der Waals surface area contributed by atoms with Crippen LogP contribution in [-0.2, 0) is 11.3 Å². The highest BCUT2D eigenvalue weighted by Gasteiger charge is 2.25. The molecule has 3 rings (SSSR count). The Morgan fingerprint density at radius 3 is 2.83 bits per heavy atom. The second-order valence-electron chi connectivity index (χ2n) is 5.54. The second-order valence-corrected chi connectivity index (χ2v) is 5.54. The number of hydrogen-bond acceptors (Lipinski definition) is 6. The zero-order chi connectivity index (χ0) is 16.2. The van der Waals surface area contributed by atoms with Crippen LogP contribution in [0, 0.1) is 6.92 Å². The Bertz CT molecular complexity index is 656. The van der Waals surface area contributed by atoms with Crippen molar-refractivity contribution in [1.82, 2.24) is 9.88 Å². The van der Waals surface area contributed by atoms with E-state index in [0.717, 1.165) is 30.3 Å². The van der Waals surface area contributed by atoms with Gasteiger partial charge in [-0.3, -0.25) is 9.88 Å². The first-order valence-electron chi connectivity index (χ1n) is 7.67. The maximum Gasteiger partial charge on any atom is 0.183 e. The third-order valence-corrected chi connectivity index (χ3v) is 3.97. The summed E-state index contributed by atoms with van der Waals surface area (Å²) in [6, 6.07) is 5.74. The molecule has 23 heavy (non-hydrogen) atoms. The number of furan rings is 1. The first kappa shape index (κ1) is 15.8. The van der Waals surface area contributed by atoms with Crippen LogP contribution < -0.4 is 9.47 Å². The highest BCUT2D eigenvalue weighted by Crippen LogP contribution is 2.31. The average molecular weight is 318 g/mol. The fourth-order valence-corrected chi connectivity index (χ4v) is 2.82. The zero-order valence-electron chi connectivity index (χ0n) is 13.7. The summed E-state index contributed by atoms with van der Waals surface area (Å²) in [7, 11) is 3.27. The molecule has 2 aromatic rings. The minimum atomic E-state index is -0.0472. The molecule has 0 spiro atoms. The monoisotopic (exact) mass is 318 g/mol. The van der Waals surface area contributed by atoms with Gasteiger partial charge >= 0.3 is 0 Å². The summed E-state index contributed by atoms with van der Waals surface area (Å²) in [5, 5.41) is 0. The molecule has 0 aliphatic carbocycles. The number of ether oxygens (including phenoxy) is 3. The molecule has 0 unspecified atom stereocenters. The van der Waals surface area contributed by atoms with Gasteiger partial charge in [0.1, 0.15) is 23.3 Å². The number of aromatic nitrogens is 1. The summed E-state index contributed by atoms with van der Waals surface area (Å²) in [5.74, 6) is 3.16. The minimum Gasteiger partial charge on any atom is -0.493 e. The van der Waals surface area contributed by atoms with Gasteiger partial charge in [-0.25, -0.2) is 0 Å². The van der Waals surface area contributed by atoms with Crippen LogP contribution in [0.2, 0.25) is 0 Å². The van der Waals surface area contributed by atoms with E-state index in [2.05, 4.69) is 9.88 Å². The predicted molar refractivity (Wildman–Crippen MR) is 84.8 cm³/mol. The first-order valence-corrected chi connectivity index (χ1v) is 7.67. The molecule has 1 aliphatic rings. The Hall–Kier alpha value is -2.05. The van der Waals surface area contributed by atoms with Gasteiger partial charge in [0.05, 0.1) is 20.8 Å². The van der Waals surface area contributed by atoms with Gasteiger partial charge in [0.25, 0.3) is 0 Å². The van der Waals surface area contributed by atoms with Crippen molar-refractivity contribution in [3.8, 4) is 11.5 Å². The Labute approximate surface area is 136 Å². The molecule has 1 aliphatic heterocycles. The number of pyridine rings is 1. The topological polar surface area (TPSA) is 57.0 Å². The quantitative estimate of drug-likeness (QED) is 0.844. The van der Waals surface area contributed by atoms with Gasteiger partial charge in [0.15, 0.2) is 11.5 Å². The van der Waals surface area contributed by atoms with Crippen molar-refractivity contribution in [2.75, 3.05) is 33.9 Å². The van der Waals surface area contributed by atoms with Crippen LogP contribution in [-0.4, -0.2) is 43.8 Å². The molecule has 0 aromatic carbocycles. The van der Waals surface area contributed by atoms with Crippen molar-refractivity contribution in [2.24, 2.45) is 0 Å². The molecule has 6 nitrogen and oxygen atoms in total. The van der Waals surface area contributed by atoms with Gasteiger partial charge in [-0.1, -0.05) is 0 Å². The summed E-state index contributed by atoms with van der Waals surface area (Å²) in [6.45, 7) is 4.89. The van der Waals surface area contributed by atoms with E-state index in [1.165, 1.54) is 0 Å². The van der Waals surface area contributed by atoms with Crippen molar-refractivity contribution in [1.29, 1.82) is 0 Å². The number of morpholine rings is 1. The maximum atomic E-state index is 5.83. The van der Waals surface area contributed by atoms with E-state index in [1.807, 2.05) is 19.1 Å². The molecule has 2 aromatic heterocycles. The fourth-order valence-electron chi connectivity index (χ4n) is 2.82. The van der Waals surface area contributed by atoms with E-state index in [4.69, 9.17) is 18.6 Å². The highest BCUT2D eigenvalue weighted by atomic mass is 16.5. The molecule has 0 amide bonds. The lowest BCUT2D eigenvalue weighted by molar-refractivity contribution is -0.0435.